The van der Waals surface area contributed by atoms with Gasteiger partial charge in [-0.25, -0.2) is 0 Å². The molecule has 5 nitrogen and oxygen atoms in total. The molecule has 1 atom stereocenters. The number of pyridine rings is 1. The van der Waals surface area contributed by atoms with E-state index in [0.29, 0.717) is 18.0 Å². The summed E-state index contributed by atoms with van der Waals surface area (Å²) in [6, 6.07) is 3.54. The number of amides is 1. The largest absolute Gasteiger partial charge is 0.379 e. The van der Waals surface area contributed by atoms with Gasteiger partial charge in [-0.05, 0) is 18.1 Å². The highest BCUT2D eigenvalue weighted by Gasteiger charge is 2.14. The van der Waals surface area contributed by atoms with Crippen LogP contribution in [0.15, 0.2) is 24.5 Å². The molecule has 0 radical (unpaired) electrons. The Balaban J connectivity index is 1.71. The van der Waals surface area contributed by atoms with E-state index >= 15 is 0 Å². The second-order valence-electron chi connectivity index (χ2n) is 4.97. The summed E-state index contributed by atoms with van der Waals surface area (Å²) >= 11 is 0. The minimum Gasteiger partial charge on any atom is -0.379 e. The van der Waals surface area contributed by atoms with Gasteiger partial charge in [0.05, 0.1) is 18.8 Å². The molecular weight excluding hydrogens is 242 g/mol. The summed E-state index contributed by atoms with van der Waals surface area (Å²) in [6.07, 6.45) is 3.25. The Hall–Kier alpha value is -1.46. The fourth-order valence-electron chi connectivity index (χ4n) is 2.16. The van der Waals surface area contributed by atoms with Gasteiger partial charge in [0.2, 0.25) is 0 Å². The van der Waals surface area contributed by atoms with Gasteiger partial charge in [0.15, 0.2) is 0 Å². The van der Waals surface area contributed by atoms with Gasteiger partial charge in [-0.2, -0.15) is 0 Å². The normalized spacial score (nSPS) is 17.9. The number of carbonyl (C=O) groups excluding carboxylic acids is 1. The van der Waals surface area contributed by atoms with Crippen LogP contribution in [0.5, 0.6) is 0 Å². The molecule has 5 heteroatoms. The first-order valence-electron chi connectivity index (χ1n) is 6.74. The van der Waals surface area contributed by atoms with Crippen LogP contribution in [0.25, 0.3) is 0 Å². The van der Waals surface area contributed by atoms with Crippen molar-refractivity contribution in [3.05, 3.63) is 30.1 Å². The van der Waals surface area contributed by atoms with Gasteiger partial charge < -0.3 is 10.1 Å². The fraction of sp³-hybridized carbons (Fsp3) is 0.571. The van der Waals surface area contributed by atoms with E-state index in [1.807, 2.05) is 0 Å². The molecule has 1 aromatic rings. The molecule has 0 spiro atoms. The number of nitrogens with zero attached hydrogens (tertiary/aromatic N) is 2. The third kappa shape index (κ3) is 4.61. The Morgan fingerprint density at radius 2 is 2.32 bits per heavy atom. The molecule has 1 amide bonds. The van der Waals surface area contributed by atoms with Crippen LogP contribution in [0, 0.1) is 5.92 Å². The number of hydrogen-bond donors (Lipinski definition) is 1. The van der Waals surface area contributed by atoms with E-state index < -0.39 is 0 Å². The number of aromatic nitrogens is 1. The molecule has 1 aliphatic rings. The van der Waals surface area contributed by atoms with Crippen molar-refractivity contribution in [1.82, 2.24) is 15.2 Å². The third-order valence-corrected chi connectivity index (χ3v) is 3.21. The Morgan fingerprint density at radius 1 is 1.53 bits per heavy atom. The number of ether oxygens (including phenoxy) is 1. The number of nitrogens with one attached hydrogen (secondary N) is 1. The highest BCUT2D eigenvalue weighted by atomic mass is 16.5. The van der Waals surface area contributed by atoms with Gasteiger partial charge in [0.25, 0.3) is 5.91 Å². The van der Waals surface area contributed by atoms with Crippen molar-refractivity contribution in [3.8, 4) is 0 Å². The van der Waals surface area contributed by atoms with Gasteiger partial charge in [-0.1, -0.05) is 6.92 Å². The monoisotopic (exact) mass is 263 g/mol. The van der Waals surface area contributed by atoms with E-state index in [9.17, 15) is 4.79 Å². The van der Waals surface area contributed by atoms with E-state index in [1.165, 1.54) is 0 Å². The van der Waals surface area contributed by atoms with Crippen molar-refractivity contribution in [2.45, 2.75) is 6.92 Å². The Kier molecular flexibility index (Phi) is 5.30. The summed E-state index contributed by atoms with van der Waals surface area (Å²) in [6.45, 7) is 7.44. The van der Waals surface area contributed by atoms with Crippen molar-refractivity contribution in [2.75, 3.05) is 39.4 Å². The molecule has 0 saturated carbocycles. The van der Waals surface area contributed by atoms with Crippen LogP contribution in [0.1, 0.15) is 17.3 Å². The SMILES string of the molecule is CC(CNC(=O)c1cccnc1)CN1CCOCC1. The van der Waals surface area contributed by atoms with E-state index in [-0.39, 0.29) is 5.91 Å². The average molecular weight is 263 g/mol. The Bertz CT molecular complexity index is 391. The predicted molar refractivity (Wildman–Crippen MR) is 73.0 cm³/mol. The summed E-state index contributed by atoms with van der Waals surface area (Å²) in [7, 11) is 0. The van der Waals surface area contributed by atoms with E-state index in [4.69, 9.17) is 4.74 Å². The predicted octanol–water partition coefficient (Wildman–Crippen LogP) is 0.780. The molecule has 1 saturated heterocycles. The van der Waals surface area contributed by atoms with E-state index in [2.05, 4.69) is 22.1 Å². The minimum absolute atomic E-state index is 0.0538. The molecular formula is C14H21N3O2. The summed E-state index contributed by atoms with van der Waals surface area (Å²) in [4.78, 5) is 18.2. The molecule has 1 aromatic heterocycles. The first-order chi connectivity index (χ1) is 9.25. The highest BCUT2D eigenvalue weighted by Crippen LogP contribution is 2.03. The molecule has 2 rings (SSSR count). The summed E-state index contributed by atoms with van der Waals surface area (Å²) in [5.41, 5.74) is 0.612. The van der Waals surface area contributed by atoms with Crippen LogP contribution in [0.2, 0.25) is 0 Å². The molecule has 0 aliphatic carbocycles. The Morgan fingerprint density at radius 3 is 3.00 bits per heavy atom. The molecule has 0 aromatic carbocycles. The van der Waals surface area contributed by atoms with Gasteiger partial charge >= 0.3 is 0 Å². The molecule has 1 fully saturated rings. The maximum atomic E-state index is 11.9. The van der Waals surface area contributed by atoms with Crippen molar-refractivity contribution in [2.24, 2.45) is 5.92 Å². The maximum absolute atomic E-state index is 11.9. The molecule has 1 unspecified atom stereocenters. The fourth-order valence-corrected chi connectivity index (χ4v) is 2.16. The number of hydrogen-bond acceptors (Lipinski definition) is 4. The zero-order valence-corrected chi connectivity index (χ0v) is 11.3. The zero-order valence-electron chi connectivity index (χ0n) is 11.3. The van der Waals surface area contributed by atoms with Crippen molar-refractivity contribution < 1.29 is 9.53 Å². The van der Waals surface area contributed by atoms with Gasteiger partial charge in [-0.15, -0.1) is 0 Å². The quantitative estimate of drug-likeness (QED) is 0.853. The smallest absolute Gasteiger partial charge is 0.252 e. The second kappa shape index (κ2) is 7.21. The van der Waals surface area contributed by atoms with Crippen LogP contribution in [-0.4, -0.2) is 55.2 Å². The van der Waals surface area contributed by atoms with Crippen molar-refractivity contribution >= 4 is 5.91 Å². The molecule has 1 aliphatic heterocycles. The third-order valence-electron chi connectivity index (χ3n) is 3.21. The topological polar surface area (TPSA) is 54.5 Å². The van der Waals surface area contributed by atoms with Crippen molar-refractivity contribution in [1.29, 1.82) is 0 Å². The van der Waals surface area contributed by atoms with E-state index in [0.717, 1.165) is 32.8 Å². The number of morpholine rings is 1. The van der Waals surface area contributed by atoms with Crippen LogP contribution in [-0.2, 0) is 4.74 Å². The number of rotatable bonds is 5. The lowest BCUT2D eigenvalue weighted by Gasteiger charge is -2.29. The molecule has 1 N–H and O–H groups in total. The van der Waals surface area contributed by atoms with Gasteiger partial charge in [-0.3, -0.25) is 14.7 Å². The standard InChI is InChI=1S/C14H21N3O2/c1-12(11-17-5-7-19-8-6-17)9-16-14(18)13-3-2-4-15-10-13/h2-4,10,12H,5-9,11H2,1H3,(H,16,18). The Labute approximate surface area is 114 Å². The minimum atomic E-state index is -0.0538. The van der Waals surface area contributed by atoms with Gasteiger partial charge in [0, 0.05) is 38.6 Å². The lowest BCUT2D eigenvalue weighted by atomic mass is 10.1. The van der Waals surface area contributed by atoms with E-state index in [1.54, 1.807) is 24.5 Å². The molecule has 0 bridgehead atoms. The first kappa shape index (κ1) is 14.0. The number of carbonyl (C=O) groups is 1. The molecule has 104 valence electrons. The van der Waals surface area contributed by atoms with Crippen LogP contribution in [0.4, 0.5) is 0 Å². The summed E-state index contributed by atoms with van der Waals surface area (Å²) < 4.78 is 5.32. The van der Waals surface area contributed by atoms with Crippen LogP contribution in [0.3, 0.4) is 0 Å². The summed E-state index contributed by atoms with van der Waals surface area (Å²) in [5.74, 6) is 0.376. The van der Waals surface area contributed by atoms with Crippen molar-refractivity contribution in [3.63, 3.8) is 0 Å². The second-order valence-corrected chi connectivity index (χ2v) is 4.97. The average Bonchev–Trinajstić information content (AvgIpc) is 2.47. The highest BCUT2D eigenvalue weighted by molar-refractivity contribution is 5.93. The molecule has 2 heterocycles. The van der Waals surface area contributed by atoms with Gasteiger partial charge in [0.1, 0.15) is 0 Å². The zero-order chi connectivity index (χ0) is 13.5. The maximum Gasteiger partial charge on any atom is 0.252 e. The first-order valence-corrected chi connectivity index (χ1v) is 6.74. The van der Waals surface area contributed by atoms with Crippen LogP contribution >= 0.6 is 0 Å². The van der Waals surface area contributed by atoms with Crippen LogP contribution < -0.4 is 5.32 Å². The lowest BCUT2D eigenvalue weighted by molar-refractivity contribution is 0.0317. The lowest BCUT2D eigenvalue weighted by Crippen LogP contribution is -2.41. The summed E-state index contributed by atoms with van der Waals surface area (Å²) in [5, 5.41) is 2.95. The molecule has 19 heavy (non-hydrogen) atoms.